The maximum atomic E-state index is 13.1. The van der Waals surface area contributed by atoms with Crippen molar-refractivity contribution >= 4 is 22.7 Å². The average Bonchev–Trinajstić information content (AvgIpc) is 3.10. The minimum absolute atomic E-state index is 0.154. The summed E-state index contributed by atoms with van der Waals surface area (Å²) in [6.07, 6.45) is -4.63. The molecule has 0 unspecified atom stereocenters. The number of benzene rings is 2. The third kappa shape index (κ3) is 3.25. The number of para-hydroxylation sites is 1. The van der Waals surface area contributed by atoms with E-state index in [0.717, 1.165) is 17.3 Å². The second-order valence-electron chi connectivity index (χ2n) is 5.30. The van der Waals surface area contributed by atoms with Crippen molar-refractivity contribution in [3.63, 3.8) is 0 Å². The molecule has 0 aliphatic heterocycles. The van der Waals surface area contributed by atoms with Crippen LogP contribution in [0.15, 0.2) is 64.8 Å². The quantitative estimate of drug-likeness (QED) is 0.532. The Morgan fingerprint density at radius 3 is 2.35 bits per heavy atom. The van der Waals surface area contributed by atoms with Gasteiger partial charge >= 0.3 is 6.18 Å². The summed E-state index contributed by atoms with van der Waals surface area (Å²) >= 11 is 0.958. The summed E-state index contributed by atoms with van der Waals surface area (Å²) in [5.41, 5.74) is 1.05. The number of hydrogen-bond donors (Lipinski definition) is 1. The highest BCUT2D eigenvalue weighted by Gasteiger charge is 2.35. The monoisotopic (exact) mass is 373 g/mol. The van der Waals surface area contributed by atoms with Gasteiger partial charge in [-0.1, -0.05) is 48.5 Å². The Balaban J connectivity index is 1.74. The fourth-order valence-corrected chi connectivity index (χ4v) is 3.17. The Hall–Kier alpha value is -2.94. The molecule has 0 bridgehead atoms. The van der Waals surface area contributed by atoms with Gasteiger partial charge in [0.05, 0.1) is 5.52 Å². The minimum atomic E-state index is -4.63. The lowest BCUT2D eigenvalue weighted by molar-refractivity contribution is -0.145. The van der Waals surface area contributed by atoms with E-state index in [1.54, 1.807) is 18.2 Å². The van der Waals surface area contributed by atoms with E-state index in [0.29, 0.717) is 11.2 Å². The molecular formula is C17H10F3N5S. The third-order valence-electron chi connectivity index (χ3n) is 3.52. The molecule has 5 nitrogen and oxygen atoms in total. The van der Waals surface area contributed by atoms with Crippen LogP contribution in [0.25, 0.3) is 22.3 Å². The minimum Gasteiger partial charge on any atom is -0.258 e. The molecule has 0 atom stereocenters. The molecule has 0 saturated heterocycles. The summed E-state index contributed by atoms with van der Waals surface area (Å²) in [7, 11) is 0. The van der Waals surface area contributed by atoms with Gasteiger partial charge < -0.3 is 0 Å². The third-order valence-corrected chi connectivity index (χ3v) is 4.39. The second kappa shape index (κ2) is 6.41. The van der Waals surface area contributed by atoms with Crippen LogP contribution < -0.4 is 0 Å². The van der Waals surface area contributed by atoms with E-state index in [9.17, 15) is 13.2 Å². The van der Waals surface area contributed by atoms with Crippen molar-refractivity contribution in [1.29, 1.82) is 0 Å². The van der Waals surface area contributed by atoms with Gasteiger partial charge in [-0.05, 0) is 17.8 Å². The fourth-order valence-electron chi connectivity index (χ4n) is 2.36. The van der Waals surface area contributed by atoms with Crippen LogP contribution in [-0.4, -0.2) is 25.1 Å². The number of fused-ring (bicyclic) bond motifs is 1. The molecular weight excluding hydrogens is 363 g/mol. The number of rotatable bonds is 3. The fraction of sp³-hybridized carbons (Fsp3) is 0.0588. The van der Waals surface area contributed by atoms with Gasteiger partial charge in [0, 0.05) is 10.9 Å². The van der Waals surface area contributed by atoms with E-state index < -0.39 is 12.0 Å². The van der Waals surface area contributed by atoms with Crippen molar-refractivity contribution in [2.24, 2.45) is 0 Å². The summed E-state index contributed by atoms with van der Waals surface area (Å²) in [6, 6.07) is 15.8. The molecule has 0 aliphatic carbocycles. The lowest BCUT2D eigenvalue weighted by Crippen LogP contribution is -2.11. The van der Waals surface area contributed by atoms with Crippen LogP contribution in [-0.2, 0) is 6.18 Å². The normalized spacial score (nSPS) is 11.8. The first kappa shape index (κ1) is 16.5. The van der Waals surface area contributed by atoms with E-state index in [2.05, 4.69) is 25.1 Å². The highest BCUT2D eigenvalue weighted by atomic mass is 32.2. The first-order valence-electron chi connectivity index (χ1n) is 7.50. The summed E-state index contributed by atoms with van der Waals surface area (Å²) < 4.78 is 39.3. The molecule has 130 valence electrons. The lowest BCUT2D eigenvalue weighted by Gasteiger charge is -2.09. The summed E-state index contributed by atoms with van der Waals surface area (Å²) in [5.74, 6) is -0.653. The molecule has 2 aromatic heterocycles. The number of hydrogen-bond acceptors (Lipinski definition) is 5. The predicted octanol–water partition coefficient (Wildman–Crippen LogP) is 4.58. The largest absolute Gasteiger partial charge is 0.451 e. The molecule has 0 saturated carbocycles. The van der Waals surface area contributed by atoms with Crippen LogP contribution in [0.3, 0.4) is 0 Å². The lowest BCUT2D eigenvalue weighted by atomic mass is 10.2. The first-order valence-corrected chi connectivity index (χ1v) is 8.32. The Kier molecular flexibility index (Phi) is 4.08. The molecule has 1 N–H and O–H groups in total. The number of halogens is 3. The Labute approximate surface area is 149 Å². The Morgan fingerprint density at radius 2 is 1.58 bits per heavy atom. The van der Waals surface area contributed by atoms with Crippen molar-refractivity contribution in [1.82, 2.24) is 25.1 Å². The summed E-state index contributed by atoms with van der Waals surface area (Å²) in [5, 5.41) is 7.80. The molecule has 0 fully saturated rings. The first-order chi connectivity index (χ1) is 12.5. The highest BCUT2D eigenvalue weighted by Crippen LogP contribution is 2.34. The van der Waals surface area contributed by atoms with Gasteiger partial charge in [-0.3, -0.25) is 5.10 Å². The zero-order valence-electron chi connectivity index (χ0n) is 13.0. The van der Waals surface area contributed by atoms with E-state index in [1.807, 2.05) is 30.3 Å². The smallest absolute Gasteiger partial charge is 0.258 e. The Bertz CT molecular complexity index is 1060. The molecule has 0 aliphatic rings. The molecule has 2 heterocycles. The van der Waals surface area contributed by atoms with E-state index in [1.165, 1.54) is 6.07 Å². The molecule has 4 aromatic rings. The van der Waals surface area contributed by atoms with Gasteiger partial charge in [0.2, 0.25) is 11.0 Å². The maximum absolute atomic E-state index is 13.1. The number of H-pyrrole nitrogens is 1. The molecule has 26 heavy (non-hydrogen) atoms. The van der Waals surface area contributed by atoms with Crippen LogP contribution in [0.2, 0.25) is 0 Å². The number of aromatic amines is 1. The van der Waals surface area contributed by atoms with Gasteiger partial charge in [-0.2, -0.15) is 13.2 Å². The number of nitrogens with zero attached hydrogens (tertiary/aromatic N) is 4. The zero-order chi connectivity index (χ0) is 18.1. The molecule has 2 aromatic carbocycles. The highest BCUT2D eigenvalue weighted by molar-refractivity contribution is 7.99. The zero-order valence-corrected chi connectivity index (χ0v) is 13.8. The van der Waals surface area contributed by atoms with Crippen molar-refractivity contribution in [2.45, 2.75) is 16.4 Å². The average molecular weight is 373 g/mol. The van der Waals surface area contributed by atoms with Gasteiger partial charge in [-0.15, -0.1) is 5.10 Å². The summed E-state index contributed by atoms with van der Waals surface area (Å²) in [6.45, 7) is 0. The van der Waals surface area contributed by atoms with E-state index >= 15 is 0 Å². The topological polar surface area (TPSA) is 67.3 Å². The standard InChI is InChI=1S/C17H10F3N5S/c18-17(19,20)15-21-12-9-5-4-8-11(12)14(23-15)26-16-22-13(24-25-16)10-6-2-1-3-7-10/h1-9H,(H,22,24,25). The van der Waals surface area contributed by atoms with Gasteiger partial charge in [0.25, 0.3) is 0 Å². The van der Waals surface area contributed by atoms with Crippen molar-refractivity contribution in [2.75, 3.05) is 0 Å². The number of aromatic nitrogens is 5. The summed E-state index contributed by atoms with van der Waals surface area (Å²) in [4.78, 5) is 11.6. The molecule has 0 radical (unpaired) electrons. The SMILES string of the molecule is FC(F)(F)c1nc(Sc2n[nH]c(-c3ccccc3)n2)c2ccccc2n1. The van der Waals surface area contributed by atoms with Crippen molar-refractivity contribution < 1.29 is 13.2 Å². The predicted molar refractivity (Wildman–Crippen MR) is 90.5 cm³/mol. The number of nitrogens with one attached hydrogen (secondary N) is 1. The van der Waals surface area contributed by atoms with Gasteiger partial charge in [-0.25, -0.2) is 15.0 Å². The number of alkyl halides is 3. The van der Waals surface area contributed by atoms with Gasteiger partial charge in [0.1, 0.15) is 5.03 Å². The van der Waals surface area contributed by atoms with E-state index in [-0.39, 0.29) is 15.7 Å². The van der Waals surface area contributed by atoms with Crippen LogP contribution in [0.5, 0.6) is 0 Å². The molecule has 4 rings (SSSR count). The van der Waals surface area contributed by atoms with Crippen molar-refractivity contribution in [3.05, 3.63) is 60.4 Å². The van der Waals surface area contributed by atoms with Gasteiger partial charge in [0.15, 0.2) is 5.82 Å². The Morgan fingerprint density at radius 1 is 0.846 bits per heavy atom. The molecule has 9 heteroatoms. The van der Waals surface area contributed by atoms with Crippen LogP contribution in [0.1, 0.15) is 5.82 Å². The van der Waals surface area contributed by atoms with Crippen LogP contribution >= 0.6 is 11.8 Å². The maximum Gasteiger partial charge on any atom is 0.451 e. The molecule has 0 amide bonds. The second-order valence-corrected chi connectivity index (χ2v) is 6.26. The van der Waals surface area contributed by atoms with Crippen LogP contribution in [0, 0.1) is 0 Å². The van der Waals surface area contributed by atoms with Crippen LogP contribution in [0.4, 0.5) is 13.2 Å². The molecule has 0 spiro atoms. The van der Waals surface area contributed by atoms with E-state index in [4.69, 9.17) is 0 Å². The van der Waals surface area contributed by atoms with Crippen molar-refractivity contribution in [3.8, 4) is 11.4 Å².